The zero-order valence-corrected chi connectivity index (χ0v) is 13.7. The summed E-state index contributed by atoms with van der Waals surface area (Å²) in [5.74, 6) is 1.03. The van der Waals surface area contributed by atoms with Crippen molar-refractivity contribution in [1.82, 2.24) is 9.62 Å². The van der Waals surface area contributed by atoms with Gasteiger partial charge >= 0.3 is 0 Å². The van der Waals surface area contributed by atoms with Crippen LogP contribution in [0.2, 0.25) is 0 Å². The van der Waals surface area contributed by atoms with Crippen LogP contribution in [0.4, 0.5) is 0 Å². The largest absolute Gasteiger partial charge is 0.497 e. The van der Waals surface area contributed by atoms with Gasteiger partial charge in [-0.05, 0) is 43.0 Å². The predicted molar refractivity (Wildman–Crippen MR) is 83.2 cm³/mol. The van der Waals surface area contributed by atoms with Gasteiger partial charge in [0.2, 0.25) is 15.9 Å². The first kappa shape index (κ1) is 16.8. The summed E-state index contributed by atoms with van der Waals surface area (Å²) in [7, 11) is -2.17. The van der Waals surface area contributed by atoms with Crippen LogP contribution in [0.1, 0.15) is 19.8 Å². The van der Waals surface area contributed by atoms with E-state index in [9.17, 15) is 13.2 Å². The summed E-state index contributed by atoms with van der Waals surface area (Å²) < 4.78 is 31.7. The van der Waals surface area contributed by atoms with Crippen LogP contribution in [0.25, 0.3) is 0 Å². The SMILES string of the molecule is COc1ccc(S(=O)(=O)NCC(=O)N2CCC(C)CC2)cc1. The van der Waals surface area contributed by atoms with Gasteiger partial charge in [0.15, 0.2) is 0 Å². The summed E-state index contributed by atoms with van der Waals surface area (Å²) in [4.78, 5) is 13.9. The number of hydrogen-bond donors (Lipinski definition) is 1. The Morgan fingerprint density at radius 3 is 2.41 bits per heavy atom. The third-order valence-corrected chi connectivity index (χ3v) is 5.34. The summed E-state index contributed by atoms with van der Waals surface area (Å²) in [5, 5.41) is 0. The number of nitrogens with one attached hydrogen (secondary N) is 1. The van der Waals surface area contributed by atoms with E-state index in [2.05, 4.69) is 11.6 Å². The van der Waals surface area contributed by atoms with Gasteiger partial charge in [0.1, 0.15) is 5.75 Å². The van der Waals surface area contributed by atoms with Crippen molar-refractivity contribution >= 4 is 15.9 Å². The maximum Gasteiger partial charge on any atom is 0.241 e. The lowest BCUT2D eigenvalue weighted by atomic mass is 9.99. The number of likely N-dealkylation sites (tertiary alicyclic amines) is 1. The lowest BCUT2D eigenvalue weighted by molar-refractivity contribution is -0.131. The molecule has 1 fully saturated rings. The van der Waals surface area contributed by atoms with E-state index in [4.69, 9.17) is 4.74 Å². The highest BCUT2D eigenvalue weighted by molar-refractivity contribution is 7.89. The van der Waals surface area contributed by atoms with Gasteiger partial charge < -0.3 is 9.64 Å². The van der Waals surface area contributed by atoms with E-state index in [-0.39, 0.29) is 17.3 Å². The summed E-state index contributed by atoms with van der Waals surface area (Å²) >= 11 is 0. The van der Waals surface area contributed by atoms with Crippen molar-refractivity contribution in [2.24, 2.45) is 5.92 Å². The molecule has 1 amide bonds. The van der Waals surface area contributed by atoms with E-state index >= 15 is 0 Å². The molecule has 0 unspecified atom stereocenters. The molecule has 0 aliphatic carbocycles. The molecule has 1 saturated heterocycles. The Bertz CT molecular complexity index is 605. The van der Waals surface area contributed by atoms with Crippen LogP contribution in [-0.4, -0.2) is 46.0 Å². The Balaban J connectivity index is 1.92. The van der Waals surface area contributed by atoms with Gasteiger partial charge in [0.05, 0.1) is 18.6 Å². The molecular formula is C15H22N2O4S. The van der Waals surface area contributed by atoms with E-state index in [0.717, 1.165) is 12.8 Å². The van der Waals surface area contributed by atoms with Crippen molar-refractivity contribution in [3.63, 3.8) is 0 Å². The first-order chi connectivity index (χ1) is 10.4. The van der Waals surface area contributed by atoms with Crippen molar-refractivity contribution < 1.29 is 17.9 Å². The van der Waals surface area contributed by atoms with Crippen LogP contribution >= 0.6 is 0 Å². The van der Waals surface area contributed by atoms with Crippen molar-refractivity contribution in [2.45, 2.75) is 24.7 Å². The molecule has 0 atom stereocenters. The van der Waals surface area contributed by atoms with Crippen LogP contribution in [-0.2, 0) is 14.8 Å². The fraction of sp³-hybridized carbons (Fsp3) is 0.533. The Morgan fingerprint density at radius 2 is 1.86 bits per heavy atom. The molecule has 0 saturated carbocycles. The molecule has 1 aromatic rings. The van der Waals surface area contributed by atoms with Crippen molar-refractivity contribution in [1.29, 1.82) is 0 Å². The minimum atomic E-state index is -3.68. The number of benzene rings is 1. The summed E-state index contributed by atoms with van der Waals surface area (Å²) in [6, 6.07) is 6.05. The highest BCUT2D eigenvalue weighted by atomic mass is 32.2. The Labute approximate surface area is 131 Å². The van der Waals surface area contributed by atoms with Crippen LogP contribution in [0.3, 0.4) is 0 Å². The van der Waals surface area contributed by atoms with E-state index in [1.165, 1.54) is 19.2 Å². The topological polar surface area (TPSA) is 75.7 Å². The van der Waals surface area contributed by atoms with E-state index < -0.39 is 10.0 Å². The lowest BCUT2D eigenvalue weighted by Crippen LogP contribution is -2.43. The quantitative estimate of drug-likeness (QED) is 0.883. The second-order valence-corrected chi connectivity index (χ2v) is 7.33. The molecule has 2 rings (SSSR count). The minimum absolute atomic E-state index is 0.119. The average Bonchev–Trinajstić information content (AvgIpc) is 2.53. The molecule has 1 N–H and O–H groups in total. The molecule has 6 nitrogen and oxygen atoms in total. The zero-order chi connectivity index (χ0) is 16.2. The number of carbonyl (C=O) groups excluding carboxylic acids is 1. The van der Waals surface area contributed by atoms with Gasteiger partial charge in [-0.3, -0.25) is 4.79 Å². The summed E-state index contributed by atoms with van der Waals surface area (Å²) in [6.07, 6.45) is 1.94. The summed E-state index contributed by atoms with van der Waals surface area (Å²) in [6.45, 7) is 3.35. The molecule has 0 bridgehead atoms. The Kier molecular flexibility index (Phi) is 5.42. The molecule has 0 radical (unpaired) electrons. The second-order valence-electron chi connectivity index (χ2n) is 5.56. The molecule has 0 spiro atoms. The van der Waals surface area contributed by atoms with E-state index in [1.54, 1.807) is 17.0 Å². The number of ether oxygens (including phenoxy) is 1. The molecule has 22 heavy (non-hydrogen) atoms. The third kappa shape index (κ3) is 4.20. The third-order valence-electron chi connectivity index (χ3n) is 3.92. The van der Waals surface area contributed by atoms with Gasteiger partial charge in [-0.15, -0.1) is 0 Å². The number of carbonyl (C=O) groups is 1. The van der Waals surface area contributed by atoms with E-state index in [0.29, 0.717) is 24.8 Å². The van der Waals surface area contributed by atoms with Gasteiger partial charge in [-0.25, -0.2) is 13.1 Å². The standard InChI is InChI=1S/C15H22N2O4S/c1-12-7-9-17(10-8-12)15(18)11-16-22(19,20)14-5-3-13(21-2)4-6-14/h3-6,12,16H,7-11H2,1-2H3. The minimum Gasteiger partial charge on any atom is -0.497 e. The Hall–Kier alpha value is -1.60. The normalized spacial score (nSPS) is 16.5. The van der Waals surface area contributed by atoms with Crippen molar-refractivity contribution in [3.8, 4) is 5.75 Å². The molecule has 1 aliphatic heterocycles. The van der Waals surface area contributed by atoms with Crippen molar-refractivity contribution in [2.75, 3.05) is 26.7 Å². The predicted octanol–water partition coefficient (Wildman–Crippen LogP) is 1.23. The lowest BCUT2D eigenvalue weighted by Gasteiger charge is -2.30. The van der Waals surface area contributed by atoms with Crippen LogP contribution in [0.15, 0.2) is 29.2 Å². The molecule has 1 heterocycles. The Morgan fingerprint density at radius 1 is 1.27 bits per heavy atom. The average molecular weight is 326 g/mol. The van der Waals surface area contributed by atoms with Crippen LogP contribution < -0.4 is 9.46 Å². The maximum atomic E-state index is 12.1. The highest BCUT2D eigenvalue weighted by Gasteiger charge is 2.22. The van der Waals surface area contributed by atoms with Gasteiger partial charge in [0, 0.05) is 13.1 Å². The molecule has 1 aromatic carbocycles. The van der Waals surface area contributed by atoms with Gasteiger partial charge in [0.25, 0.3) is 0 Å². The van der Waals surface area contributed by atoms with Crippen LogP contribution in [0, 0.1) is 5.92 Å². The second kappa shape index (κ2) is 7.11. The number of amides is 1. The molecule has 0 aromatic heterocycles. The first-order valence-corrected chi connectivity index (χ1v) is 8.82. The zero-order valence-electron chi connectivity index (χ0n) is 12.9. The molecular weight excluding hydrogens is 304 g/mol. The number of rotatable bonds is 5. The molecule has 7 heteroatoms. The fourth-order valence-electron chi connectivity index (χ4n) is 2.36. The monoisotopic (exact) mass is 326 g/mol. The molecule has 1 aliphatic rings. The van der Waals surface area contributed by atoms with Crippen LogP contribution in [0.5, 0.6) is 5.75 Å². The number of sulfonamides is 1. The van der Waals surface area contributed by atoms with Gasteiger partial charge in [-0.2, -0.15) is 0 Å². The first-order valence-electron chi connectivity index (χ1n) is 7.34. The number of nitrogens with zero attached hydrogens (tertiary/aromatic N) is 1. The van der Waals surface area contributed by atoms with Crippen molar-refractivity contribution in [3.05, 3.63) is 24.3 Å². The fourth-order valence-corrected chi connectivity index (χ4v) is 3.34. The number of hydrogen-bond acceptors (Lipinski definition) is 4. The molecule has 122 valence electrons. The smallest absolute Gasteiger partial charge is 0.241 e. The van der Waals surface area contributed by atoms with E-state index in [1.807, 2.05) is 0 Å². The summed E-state index contributed by atoms with van der Waals surface area (Å²) in [5.41, 5.74) is 0. The number of methoxy groups -OCH3 is 1. The number of piperidine rings is 1. The maximum absolute atomic E-state index is 12.1. The highest BCUT2D eigenvalue weighted by Crippen LogP contribution is 2.17. The van der Waals surface area contributed by atoms with Gasteiger partial charge in [-0.1, -0.05) is 6.92 Å².